The number of aryl methyl sites for hydroxylation is 2. The first-order chi connectivity index (χ1) is 12.1. The summed E-state index contributed by atoms with van der Waals surface area (Å²) in [5.41, 5.74) is 4.67. The fraction of sp³-hybridized carbons (Fsp3) is 0.200. The second kappa shape index (κ2) is 7.66. The summed E-state index contributed by atoms with van der Waals surface area (Å²) in [6.07, 6.45) is 3.94. The van der Waals surface area contributed by atoms with E-state index < -0.39 is 0 Å². The summed E-state index contributed by atoms with van der Waals surface area (Å²) in [6.45, 7) is 4.06. The molecule has 0 fully saturated rings. The molecule has 0 aliphatic carbocycles. The van der Waals surface area contributed by atoms with Crippen LogP contribution in [0.3, 0.4) is 0 Å². The molecule has 0 radical (unpaired) electrons. The Morgan fingerprint density at radius 2 is 1.84 bits per heavy atom. The van der Waals surface area contributed by atoms with Crippen LogP contribution in [0.4, 0.5) is 16.2 Å². The second-order valence-electron chi connectivity index (χ2n) is 5.99. The van der Waals surface area contributed by atoms with Gasteiger partial charge in [-0.05, 0) is 43.2 Å². The van der Waals surface area contributed by atoms with E-state index in [0.29, 0.717) is 0 Å². The average molecular weight is 334 g/mol. The molecule has 2 amide bonds. The van der Waals surface area contributed by atoms with Crippen molar-refractivity contribution >= 4 is 17.4 Å². The molecule has 0 saturated heterocycles. The van der Waals surface area contributed by atoms with E-state index in [1.807, 2.05) is 55.5 Å². The number of carbonyl (C=O) groups excluding carboxylic acids is 1. The third-order valence-corrected chi connectivity index (χ3v) is 3.88. The van der Waals surface area contributed by atoms with E-state index in [0.717, 1.165) is 41.3 Å². The van der Waals surface area contributed by atoms with Crippen LogP contribution in [0.15, 0.2) is 54.7 Å². The first kappa shape index (κ1) is 16.8. The van der Waals surface area contributed by atoms with Crippen LogP contribution in [0.2, 0.25) is 0 Å². The lowest BCUT2D eigenvalue weighted by Crippen LogP contribution is -2.19. The highest BCUT2D eigenvalue weighted by molar-refractivity contribution is 6.00. The number of anilines is 2. The third-order valence-electron chi connectivity index (χ3n) is 3.88. The molecule has 3 rings (SSSR count). The van der Waals surface area contributed by atoms with Crippen molar-refractivity contribution in [2.24, 2.45) is 0 Å². The molecule has 0 saturated carbocycles. The number of imidazole rings is 1. The fourth-order valence-electron chi connectivity index (χ4n) is 2.67. The minimum Gasteiger partial charge on any atom is -0.342 e. The number of urea groups is 1. The lowest BCUT2D eigenvalue weighted by Gasteiger charge is -2.09. The first-order valence-corrected chi connectivity index (χ1v) is 8.43. The summed E-state index contributed by atoms with van der Waals surface area (Å²) in [7, 11) is 0. The Labute approximate surface area is 147 Å². The van der Waals surface area contributed by atoms with Crippen molar-refractivity contribution < 1.29 is 4.79 Å². The van der Waals surface area contributed by atoms with Crippen molar-refractivity contribution in [2.75, 3.05) is 10.6 Å². The maximum absolute atomic E-state index is 12.2. The number of benzene rings is 2. The number of aromatic amines is 1. The van der Waals surface area contributed by atoms with Gasteiger partial charge in [0.15, 0.2) is 0 Å². The Kier molecular flexibility index (Phi) is 5.14. The Hall–Kier alpha value is -3.08. The Morgan fingerprint density at radius 3 is 2.52 bits per heavy atom. The van der Waals surface area contributed by atoms with E-state index in [2.05, 4.69) is 27.5 Å². The standard InChI is InChI=1S/C20H22N4O/c1-3-5-15-8-10-17(11-9-15)23-20(25)24-18-7-4-6-16(12-18)19-13-21-14(2)22-19/h4,6-13H,3,5H2,1-2H3,(H,21,22)(H2,23,24,25). The van der Waals surface area contributed by atoms with Gasteiger partial charge in [-0.1, -0.05) is 37.6 Å². The first-order valence-electron chi connectivity index (χ1n) is 8.43. The lowest BCUT2D eigenvalue weighted by atomic mass is 10.1. The van der Waals surface area contributed by atoms with Gasteiger partial charge < -0.3 is 15.6 Å². The van der Waals surface area contributed by atoms with Crippen molar-refractivity contribution in [1.29, 1.82) is 0 Å². The molecular weight excluding hydrogens is 312 g/mol. The molecule has 0 aliphatic heterocycles. The van der Waals surface area contributed by atoms with E-state index in [-0.39, 0.29) is 6.03 Å². The summed E-state index contributed by atoms with van der Waals surface area (Å²) in [5, 5.41) is 5.72. The molecule has 5 heteroatoms. The summed E-state index contributed by atoms with van der Waals surface area (Å²) in [4.78, 5) is 19.6. The predicted molar refractivity (Wildman–Crippen MR) is 102 cm³/mol. The zero-order chi connectivity index (χ0) is 17.6. The SMILES string of the molecule is CCCc1ccc(NC(=O)Nc2cccc(-c3cnc(C)[nH]3)c2)cc1. The maximum Gasteiger partial charge on any atom is 0.323 e. The Balaban J connectivity index is 1.64. The van der Waals surface area contributed by atoms with Crippen LogP contribution in [-0.4, -0.2) is 16.0 Å². The second-order valence-corrected chi connectivity index (χ2v) is 5.99. The van der Waals surface area contributed by atoms with E-state index in [4.69, 9.17) is 0 Å². The topological polar surface area (TPSA) is 69.8 Å². The van der Waals surface area contributed by atoms with Gasteiger partial charge in [-0.2, -0.15) is 0 Å². The summed E-state index contributed by atoms with van der Waals surface area (Å²) < 4.78 is 0. The Bertz CT molecular complexity index is 852. The van der Waals surface area contributed by atoms with Crippen LogP contribution in [0.5, 0.6) is 0 Å². The van der Waals surface area contributed by atoms with Crippen molar-refractivity contribution in [3.63, 3.8) is 0 Å². The number of nitrogens with one attached hydrogen (secondary N) is 3. The number of H-pyrrole nitrogens is 1. The maximum atomic E-state index is 12.2. The number of carbonyl (C=O) groups is 1. The van der Waals surface area contributed by atoms with E-state index in [1.165, 1.54) is 5.56 Å². The monoisotopic (exact) mass is 334 g/mol. The summed E-state index contributed by atoms with van der Waals surface area (Å²) in [5.74, 6) is 0.859. The van der Waals surface area contributed by atoms with Crippen LogP contribution in [0.25, 0.3) is 11.3 Å². The molecule has 128 valence electrons. The molecule has 0 unspecified atom stereocenters. The van der Waals surface area contributed by atoms with Gasteiger partial charge in [-0.15, -0.1) is 0 Å². The normalized spacial score (nSPS) is 10.5. The zero-order valence-corrected chi connectivity index (χ0v) is 14.5. The van der Waals surface area contributed by atoms with E-state index >= 15 is 0 Å². The van der Waals surface area contributed by atoms with E-state index in [9.17, 15) is 4.79 Å². The van der Waals surface area contributed by atoms with Gasteiger partial charge in [0.25, 0.3) is 0 Å². The highest BCUT2D eigenvalue weighted by Gasteiger charge is 2.06. The highest BCUT2D eigenvalue weighted by Crippen LogP contribution is 2.21. The van der Waals surface area contributed by atoms with Crippen LogP contribution in [-0.2, 0) is 6.42 Å². The number of hydrogen-bond acceptors (Lipinski definition) is 2. The molecule has 2 aromatic carbocycles. The number of hydrogen-bond donors (Lipinski definition) is 3. The summed E-state index contributed by atoms with van der Waals surface area (Å²) in [6, 6.07) is 15.3. The quantitative estimate of drug-likeness (QED) is 0.616. The smallest absolute Gasteiger partial charge is 0.323 e. The molecule has 5 nitrogen and oxygen atoms in total. The van der Waals surface area contributed by atoms with Crippen molar-refractivity contribution in [3.05, 3.63) is 66.1 Å². The molecule has 3 aromatic rings. The average Bonchev–Trinajstić information content (AvgIpc) is 3.04. The largest absolute Gasteiger partial charge is 0.342 e. The van der Waals surface area contributed by atoms with Gasteiger partial charge in [0.2, 0.25) is 0 Å². The molecule has 0 atom stereocenters. The van der Waals surface area contributed by atoms with Crippen LogP contribution in [0.1, 0.15) is 24.7 Å². The van der Waals surface area contributed by atoms with Gasteiger partial charge in [0.05, 0.1) is 11.9 Å². The minimum atomic E-state index is -0.263. The van der Waals surface area contributed by atoms with Crippen LogP contribution >= 0.6 is 0 Å². The Morgan fingerprint density at radius 1 is 1.08 bits per heavy atom. The molecule has 0 bridgehead atoms. The minimum absolute atomic E-state index is 0.263. The van der Waals surface area contributed by atoms with Crippen molar-refractivity contribution in [2.45, 2.75) is 26.7 Å². The third kappa shape index (κ3) is 4.47. The van der Waals surface area contributed by atoms with Gasteiger partial charge >= 0.3 is 6.03 Å². The molecule has 3 N–H and O–H groups in total. The van der Waals surface area contributed by atoms with E-state index in [1.54, 1.807) is 6.20 Å². The zero-order valence-electron chi connectivity index (χ0n) is 14.5. The predicted octanol–water partition coefficient (Wildman–Crippen LogP) is 4.98. The van der Waals surface area contributed by atoms with Gasteiger partial charge in [-0.25, -0.2) is 9.78 Å². The van der Waals surface area contributed by atoms with Gasteiger partial charge in [0, 0.05) is 16.9 Å². The van der Waals surface area contributed by atoms with Crippen LogP contribution < -0.4 is 10.6 Å². The van der Waals surface area contributed by atoms with Gasteiger partial charge in [0.1, 0.15) is 5.82 Å². The number of amides is 2. The number of nitrogens with zero attached hydrogens (tertiary/aromatic N) is 1. The van der Waals surface area contributed by atoms with Crippen molar-refractivity contribution in [3.8, 4) is 11.3 Å². The fourth-order valence-corrected chi connectivity index (χ4v) is 2.67. The molecule has 1 heterocycles. The lowest BCUT2D eigenvalue weighted by molar-refractivity contribution is 0.262. The molecule has 1 aromatic heterocycles. The summed E-state index contributed by atoms with van der Waals surface area (Å²) >= 11 is 0. The van der Waals surface area contributed by atoms with Crippen molar-refractivity contribution in [1.82, 2.24) is 9.97 Å². The molecular formula is C20H22N4O. The molecule has 25 heavy (non-hydrogen) atoms. The molecule has 0 spiro atoms. The number of rotatable bonds is 5. The highest BCUT2D eigenvalue weighted by atomic mass is 16.2. The van der Waals surface area contributed by atoms with Gasteiger partial charge in [-0.3, -0.25) is 0 Å². The number of aromatic nitrogens is 2. The van der Waals surface area contributed by atoms with Crippen LogP contribution in [0, 0.1) is 6.92 Å². The molecule has 0 aliphatic rings.